The van der Waals surface area contributed by atoms with E-state index in [-0.39, 0.29) is 0 Å². The first-order chi connectivity index (χ1) is 9.63. The number of anilines is 1. The van der Waals surface area contributed by atoms with Crippen molar-refractivity contribution in [3.8, 4) is 5.75 Å². The summed E-state index contributed by atoms with van der Waals surface area (Å²) < 4.78 is 0. The number of pyridine rings is 1. The second-order valence-corrected chi connectivity index (χ2v) is 5.71. The Kier molecular flexibility index (Phi) is 3.53. The lowest BCUT2D eigenvalue weighted by Crippen LogP contribution is -2.04. The van der Waals surface area contributed by atoms with E-state index in [4.69, 9.17) is 11.6 Å². The molecule has 0 radical (unpaired) electrons. The van der Waals surface area contributed by atoms with Crippen molar-refractivity contribution in [3.05, 3.63) is 51.7 Å². The average Bonchev–Trinajstić information content (AvgIpc) is 2.84. The molecule has 2 aromatic rings. The van der Waals surface area contributed by atoms with Crippen molar-refractivity contribution in [2.75, 3.05) is 5.32 Å². The molecule has 0 fully saturated rings. The van der Waals surface area contributed by atoms with Crippen LogP contribution in [0.1, 0.15) is 28.7 Å². The van der Waals surface area contributed by atoms with Gasteiger partial charge in [0.05, 0.1) is 5.02 Å². The zero-order chi connectivity index (χ0) is 14.1. The molecule has 0 saturated heterocycles. The number of benzene rings is 1. The summed E-state index contributed by atoms with van der Waals surface area (Å²) in [6.07, 6.45) is 5.00. The van der Waals surface area contributed by atoms with Crippen LogP contribution in [-0.2, 0) is 19.4 Å². The van der Waals surface area contributed by atoms with Crippen LogP contribution in [-0.4, -0.2) is 10.1 Å². The number of hydrogen-bond acceptors (Lipinski definition) is 3. The molecule has 3 rings (SSSR count). The Morgan fingerprint density at radius 1 is 1.25 bits per heavy atom. The van der Waals surface area contributed by atoms with Gasteiger partial charge in [-0.2, -0.15) is 0 Å². The summed E-state index contributed by atoms with van der Waals surface area (Å²) in [5, 5.41) is 14.0. The third-order valence-corrected chi connectivity index (χ3v) is 3.99. The van der Waals surface area contributed by atoms with Gasteiger partial charge in [0.15, 0.2) is 0 Å². The van der Waals surface area contributed by atoms with Crippen molar-refractivity contribution in [2.45, 2.75) is 32.7 Å². The molecule has 1 aromatic heterocycles. The maximum atomic E-state index is 10.1. The van der Waals surface area contributed by atoms with Crippen LogP contribution in [0, 0.1) is 6.92 Å². The molecule has 3 nitrogen and oxygen atoms in total. The molecule has 0 bridgehead atoms. The molecule has 0 unspecified atom stereocenters. The van der Waals surface area contributed by atoms with Crippen LogP contribution >= 0.6 is 11.6 Å². The van der Waals surface area contributed by atoms with E-state index in [1.165, 1.54) is 17.5 Å². The summed E-state index contributed by atoms with van der Waals surface area (Å²) in [6, 6.07) is 5.89. The molecular formula is C16H17ClN2O. The number of nitrogens with one attached hydrogen (secondary N) is 1. The summed E-state index contributed by atoms with van der Waals surface area (Å²) in [6.45, 7) is 2.53. The van der Waals surface area contributed by atoms with Crippen molar-refractivity contribution >= 4 is 17.4 Å². The van der Waals surface area contributed by atoms with E-state index in [0.29, 0.717) is 17.3 Å². The lowest BCUT2D eigenvalue weighted by molar-refractivity contribution is 0.468. The van der Waals surface area contributed by atoms with E-state index in [1.54, 1.807) is 6.20 Å². The van der Waals surface area contributed by atoms with Crippen molar-refractivity contribution in [1.29, 1.82) is 0 Å². The Morgan fingerprint density at radius 3 is 2.75 bits per heavy atom. The summed E-state index contributed by atoms with van der Waals surface area (Å²) in [5.41, 5.74) is 4.56. The number of hydrogen-bond donors (Lipinski definition) is 2. The smallest absolute Gasteiger partial charge is 0.129 e. The summed E-state index contributed by atoms with van der Waals surface area (Å²) >= 11 is 5.89. The van der Waals surface area contributed by atoms with Crippen LogP contribution in [0.25, 0.3) is 0 Å². The average molecular weight is 289 g/mol. The fraction of sp³-hybridized carbons (Fsp3) is 0.312. The van der Waals surface area contributed by atoms with Crippen LogP contribution in [0.15, 0.2) is 24.4 Å². The molecule has 0 atom stereocenters. The van der Waals surface area contributed by atoms with E-state index >= 15 is 0 Å². The molecule has 1 aliphatic carbocycles. The fourth-order valence-corrected chi connectivity index (χ4v) is 2.92. The lowest BCUT2D eigenvalue weighted by Gasteiger charge is -2.11. The zero-order valence-corrected chi connectivity index (χ0v) is 12.2. The zero-order valence-electron chi connectivity index (χ0n) is 11.4. The second-order valence-electron chi connectivity index (χ2n) is 5.28. The van der Waals surface area contributed by atoms with E-state index in [1.807, 2.05) is 19.1 Å². The monoisotopic (exact) mass is 288 g/mol. The minimum absolute atomic E-state index is 0.366. The predicted molar refractivity (Wildman–Crippen MR) is 81.4 cm³/mol. The standard InChI is InChI=1S/C16H17ClN2O/c1-10-5-14(17)9-19-16(10)18-8-13-6-11-3-2-4-12(11)7-15(13)20/h5-7,9,20H,2-4,8H2,1H3,(H,18,19). The molecule has 0 amide bonds. The molecule has 0 aliphatic heterocycles. The number of aromatic hydroxyl groups is 1. The van der Waals surface area contributed by atoms with E-state index in [0.717, 1.165) is 29.8 Å². The second kappa shape index (κ2) is 5.33. The number of nitrogens with zero attached hydrogens (tertiary/aromatic N) is 1. The van der Waals surface area contributed by atoms with E-state index in [2.05, 4.69) is 16.4 Å². The van der Waals surface area contributed by atoms with Crippen LogP contribution in [0.5, 0.6) is 5.75 Å². The van der Waals surface area contributed by atoms with Gasteiger partial charge in [-0.1, -0.05) is 17.7 Å². The highest BCUT2D eigenvalue weighted by atomic mass is 35.5. The molecule has 20 heavy (non-hydrogen) atoms. The Balaban J connectivity index is 1.78. The third kappa shape index (κ3) is 2.59. The van der Waals surface area contributed by atoms with Gasteiger partial charge < -0.3 is 10.4 Å². The first-order valence-electron chi connectivity index (χ1n) is 6.83. The first kappa shape index (κ1) is 13.3. The van der Waals surface area contributed by atoms with Gasteiger partial charge in [-0.3, -0.25) is 0 Å². The number of phenols is 1. The maximum Gasteiger partial charge on any atom is 0.129 e. The highest BCUT2D eigenvalue weighted by Gasteiger charge is 2.14. The van der Waals surface area contributed by atoms with Gasteiger partial charge in [0.1, 0.15) is 11.6 Å². The third-order valence-electron chi connectivity index (χ3n) is 3.78. The Morgan fingerprint density at radius 2 is 2.00 bits per heavy atom. The van der Waals surface area contributed by atoms with Gasteiger partial charge in [0.25, 0.3) is 0 Å². The van der Waals surface area contributed by atoms with Crippen LogP contribution < -0.4 is 5.32 Å². The first-order valence-corrected chi connectivity index (χ1v) is 7.21. The quantitative estimate of drug-likeness (QED) is 0.902. The molecule has 1 aliphatic rings. The summed E-state index contributed by atoms with van der Waals surface area (Å²) in [7, 11) is 0. The Bertz CT molecular complexity index is 655. The van der Waals surface area contributed by atoms with E-state index in [9.17, 15) is 5.11 Å². The molecule has 0 saturated carbocycles. The highest BCUT2D eigenvalue weighted by Crippen LogP contribution is 2.29. The topological polar surface area (TPSA) is 45.2 Å². The highest BCUT2D eigenvalue weighted by molar-refractivity contribution is 6.30. The van der Waals surface area contributed by atoms with Gasteiger partial charge >= 0.3 is 0 Å². The minimum atomic E-state index is 0.366. The normalized spacial score (nSPS) is 13.3. The van der Waals surface area contributed by atoms with Crippen molar-refractivity contribution in [3.63, 3.8) is 0 Å². The predicted octanol–water partition coefficient (Wildman–Crippen LogP) is 3.85. The Hall–Kier alpha value is -1.74. The number of phenolic OH excluding ortho intramolecular Hbond substituents is 1. The molecule has 1 aromatic carbocycles. The van der Waals surface area contributed by atoms with Crippen molar-refractivity contribution < 1.29 is 5.11 Å². The molecule has 4 heteroatoms. The number of aromatic nitrogens is 1. The number of aryl methyl sites for hydroxylation is 3. The fourth-order valence-electron chi connectivity index (χ4n) is 2.71. The molecule has 2 N–H and O–H groups in total. The lowest BCUT2D eigenvalue weighted by atomic mass is 10.1. The number of halogens is 1. The Labute approximate surface area is 123 Å². The van der Waals surface area contributed by atoms with Crippen molar-refractivity contribution in [1.82, 2.24) is 4.98 Å². The van der Waals surface area contributed by atoms with Gasteiger partial charge in [-0.05, 0) is 55.0 Å². The van der Waals surface area contributed by atoms with Gasteiger partial charge in [-0.15, -0.1) is 0 Å². The maximum absolute atomic E-state index is 10.1. The number of fused-ring (bicyclic) bond motifs is 1. The number of rotatable bonds is 3. The van der Waals surface area contributed by atoms with Crippen molar-refractivity contribution in [2.24, 2.45) is 0 Å². The SMILES string of the molecule is Cc1cc(Cl)cnc1NCc1cc2c(cc1O)CCC2. The van der Waals surface area contributed by atoms with Crippen LogP contribution in [0.4, 0.5) is 5.82 Å². The summed E-state index contributed by atoms with van der Waals surface area (Å²) in [4.78, 5) is 4.27. The largest absolute Gasteiger partial charge is 0.508 e. The van der Waals surface area contributed by atoms with Gasteiger partial charge in [-0.25, -0.2) is 4.98 Å². The molecular weight excluding hydrogens is 272 g/mol. The van der Waals surface area contributed by atoms with E-state index < -0.39 is 0 Å². The minimum Gasteiger partial charge on any atom is -0.508 e. The summed E-state index contributed by atoms with van der Waals surface area (Å²) in [5.74, 6) is 1.17. The molecule has 104 valence electrons. The van der Waals surface area contributed by atoms with Gasteiger partial charge in [0.2, 0.25) is 0 Å². The van der Waals surface area contributed by atoms with Gasteiger partial charge in [0, 0.05) is 18.3 Å². The molecule has 0 spiro atoms. The van der Waals surface area contributed by atoms with Crippen LogP contribution in [0.2, 0.25) is 5.02 Å². The molecule has 1 heterocycles. The van der Waals surface area contributed by atoms with Crippen LogP contribution in [0.3, 0.4) is 0 Å².